The Labute approximate surface area is 117 Å². The molecule has 0 saturated carbocycles. The minimum absolute atomic E-state index is 0.265. The predicted molar refractivity (Wildman–Crippen MR) is 68.9 cm³/mol. The van der Waals surface area contributed by atoms with Gasteiger partial charge in [0.1, 0.15) is 11.9 Å². The van der Waals surface area contributed by atoms with Gasteiger partial charge in [-0.3, -0.25) is 4.79 Å². The third kappa shape index (κ3) is 3.23. The van der Waals surface area contributed by atoms with Crippen molar-refractivity contribution < 1.29 is 18.7 Å². The summed E-state index contributed by atoms with van der Waals surface area (Å²) in [4.78, 5) is 22.3. The molecule has 0 bridgehead atoms. The molecule has 102 valence electrons. The number of cyclic esters (lactones) is 1. The number of halogens is 2. The number of ether oxygens (including phenoxy) is 1. The van der Waals surface area contributed by atoms with E-state index in [2.05, 4.69) is 26.6 Å². The molecule has 1 aliphatic rings. The Morgan fingerprint density at radius 2 is 2.37 bits per heavy atom. The van der Waals surface area contributed by atoms with Crippen LogP contribution in [0.5, 0.6) is 0 Å². The van der Waals surface area contributed by atoms with Gasteiger partial charge in [0.15, 0.2) is 0 Å². The molecule has 1 fully saturated rings. The first kappa shape index (κ1) is 13.8. The minimum atomic E-state index is -0.584. The van der Waals surface area contributed by atoms with Crippen LogP contribution in [0.3, 0.4) is 0 Å². The molecule has 7 heteroatoms. The maximum atomic E-state index is 13.6. The summed E-state index contributed by atoms with van der Waals surface area (Å²) in [6, 6.07) is 3.93. The molecule has 2 rings (SSSR count). The Bertz CT molecular complexity index is 524. The van der Waals surface area contributed by atoms with Gasteiger partial charge in [-0.05, 0) is 33.6 Å². The highest BCUT2D eigenvalue weighted by Gasteiger charge is 2.32. The fourth-order valence-corrected chi connectivity index (χ4v) is 2.15. The van der Waals surface area contributed by atoms with Crippen molar-refractivity contribution in [3.63, 3.8) is 0 Å². The highest BCUT2D eigenvalue weighted by molar-refractivity contribution is 9.10. The van der Waals surface area contributed by atoms with Crippen molar-refractivity contribution >= 4 is 27.9 Å². The third-order valence-electron chi connectivity index (χ3n) is 2.74. The average Bonchev–Trinajstić information content (AvgIpc) is 2.76. The number of benzene rings is 1. The number of hydrogen-bond acceptors (Lipinski definition) is 3. The van der Waals surface area contributed by atoms with E-state index in [1.54, 1.807) is 12.1 Å². The Kier molecular flexibility index (Phi) is 4.04. The Morgan fingerprint density at radius 1 is 1.63 bits per heavy atom. The SMILES string of the molecule is CC(=O)NC(c1ccc(Br)c(F)c1)C1CNC(=O)O1. The van der Waals surface area contributed by atoms with E-state index in [4.69, 9.17) is 4.74 Å². The van der Waals surface area contributed by atoms with Crippen LogP contribution in [0.15, 0.2) is 22.7 Å². The van der Waals surface area contributed by atoms with Crippen LogP contribution in [-0.4, -0.2) is 24.6 Å². The highest BCUT2D eigenvalue weighted by Crippen LogP contribution is 2.25. The molecule has 2 unspecified atom stereocenters. The van der Waals surface area contributed by atoms with Crippen LogP contribution in [0, 0.1) is 5.82 Å². The minimum Gasteiger partial charge on any atom is -0.442 e. The number of rotatable bonds is 3. The molecule has 0 spiro atoms. The summed E-state index contributed by atoms with van der Waals surface area (Å²) in [5, 5.41) is 5.17. The lowest BCUT2D eigenvalue weighted by Gasteiger charge is -2.23. The molecular formula is C12H12BrFN2O3. The molecule has 0 aliphatic carbocycles. The van der Waals surface area contributed by atoms with Crippen LogP contribution < -0.4 is 10.6 Å². The van der Waals surface area contributed by atoms with Crippen molar-refractivity contribution in [3.8, 4) is 0 Å². The summed E-state index contributed by atoms with van der Waals surface area (Å²) in [5.74, 6) is -0.721. The largest absolute Gasteiger partial charge is 0.442 e. The summed E-state index contributed by atoms with van der Waals surface area (Å²) >= 11 is 3.06. The van der Waals surface area contributed by atoms with Crippen molar-refractivity contribution in [1.82, 2.24) is 10.6 Å². The fourth-order valence-electron chi connectivity index (χ4n) is 1.91. The Balaban J connectivity index is 2.28. The van der Waals surface area contributed by atoms with Gasteiger partial charge in [-0.2, -0.15) is 0 Å². The summed E-state index contributed by atoms with van der Waals surface area (Å²) in [7, 11) is 0. The van der Waals surface area contributed by atoms with Crippen LogP contribution in [0.25, 0.3) is 0 Å². The lowest BCUT2D eigenvalue weighted by atomic mass is 10.0. The molecule has 1 heterocycles. The van der Waals surface area contributed by atoms with Crippen LogP contribution in [0.4, 0.5) is 9.18 Å². The first-order valence-corrected chi connectivity index (χ1v) is 6.43. The molecule has 2 N–H and O–H groups in total. The number of nitrogens with one attached hydrogen (secondary N) is 2. The predicted octanol–water partition coefficient (Wildman–Crippen LogP) is 1.87. The second kappa shape index (κ2) is 5.56. The summed E-state index contributed by atoms with van der Waals surface area (Å²) in [6.07, 6.45) is -1.10. The van der Waals surface area contributed by atoms with Crippen molar-refractivity contribution in [3.05, 3.63) is 34.1 Å². The van der Waals surface area contributed by atoms with Crippen molar-refractivity contribution in [1.29, 1.82) is 0 Å². The van der Waals surface area contributed by atoms with Crippen LogP contribution >= 0.6 is 15.9 Å². The standard InChI is InChI=1S/C12H12BrFN2O3/c1-6(17)16-11(10-5-15-12(18)19-10)7-2-3-8(13)9(14)4-7/h2-4,10-11H,5H2,1H3,(H,15,18)(H,16,17). The van der Waals surface area contributed by atoms with E-state index in [-0.39, 0.29) is 12.5 Å². The number of carbonyl (C=O) groups excluding carboxylic acids is 2. The smallest absolute Gasteiger partial charge is 0.407 e. The topological polar surface area (TPSA) is 67.4 Å². The Morgan fingerprint density at radius 3 is 2.89 bits per heavy atom. The van der Waals surface area contributed by atoms with Crippen LogP contribution in [-0.2, 0) is 9.53 Å². The maximum Gasteiger partial charge on any atom is 0.407 e. The monoisotopic (exact) mass is 330 g/mol. The molecule has 1 aliphatic heterocycles. The number of alkyl carbamates (subject to hydrolysis) is 1. The van der Waals surface area contributed by atoms with Gasteiger partial charge in [-0.25, -0.2) is 9.18 Å². The maximum absolute atomic E-state index is 13.6. The molecule has 1 saturated heterocycles. The molecule has 0 radical (unpaired) electrons. The van der Waals surface area contributed by atoms with E-state index in [1.165, 1.54) is 13.0 Å². The van der Waals surface area contributed by atoms with E-state index in [0.29, 0.717) is 10.0 Å². The van der Waals surface area contributed by atoms with Crippen molar-refractivity contribution in [2.45, 2.75) is 19.1 Å². The molecule has 2 amide bonds. The van der Waals surface area contributed by atoms with Crippen molar-refractivity contribution in [2.75, 3.05) is 6.54 Å². The van der Waals surface area contributed by atoms with Gasteiger partial charge in [0.25, 0.3) is 0 Å². The second-order valence-electron chi connectivity index (χ2n) is 4.18. The first-order chi connectivity index (χ1) is 8.97. The second-order valence-corrected chi connectivity index (χ2v) is 5.03. The highest BCUT2D eigenvalue weighted by atomic mass is 79.9. The van der Waals surface area contributed by atoms with Gasteiger partial charge in [-0.15, -0.1) is 0 Å². The van der Waals surface area contributed by atoms with Gasteiger partial charge in [0.2, 0.25) is 5.91 Å². The normalized spacial score (nSPS) is 19.5. The molecular weight excluding hydrogens is 319 g/mol. The fraction of sp³-hybridized carbons (Fsp3) is 0.333. The van der Waals surface area contributed by atoms with E-state index in [0.717, 1.165) is 0 Å². The van der Waals surface area contributed by atoms with E-state index in [1.807, 2.05) is 0 Å². The van der Waals surface area contributed by atoms with Crippen LogP contribution in [0.2, 0.25) is 0 Å². The lowest BCUT2D eigenvalue weighted by Crippen LogP contribution is -2.37. The molecule has 19 heavy (non-hydrogen) atoms. The molecule has 0 aromatic heterocycles. The van der Waals surface area contributed by atoms with Gasteiger partial charge in [0.05, 0.1) is 17.1 Å². The summed E-state index contributed by atoms with van der Waals surface area (Å²) < 4.78 is 18.9. The van der Waals surface area contributed by atoms with Gasteiger partial charge in [-0.1, -0.05) is 6.07 Å². The molecule has 1 aromatic carbocycles. The zero-order valence-corrected chi connectivity index (χ0v) is 11.7. The van der Waals surface area contributed by atoms with E-state index >= 15 is 0 Å². The summed E-state index contributed by atoms with van der Waals surface area (Å²) in [6.45, 7) is 1.62. The summed E-state index contributed by atoms with van der Waals surface area (Å²) in [5.41, 5.74) is 0.539. The van der Waals surface area contributed by atoms with Gasteiger partial charge in [0, 0.05) is 6.92 Å². The lowest BCUT2D eigenvalue weighted by molar-refractivity contribution is -0.120. The number of hydrogen-bond donors (Lipinski definition) is 2. The number of amides is 2. The van der Waals surface area contributed by atoms with E-state index < -0.39 is 24.1 Å². The third-order valence-corrected chi connectivity index (χ3v) is 3.38. The Hall–Kier alpha value is -1.63. The molecule has 2 atom stereocenters. The van der Waals surface area contributed by atoms with Gasteiger partial charge >= 0.3 is 6.09 Å². The average molecular weight is 331 g/mol. The quantitative estimate of drug-likeness (QED) is 0.889. The van der Waals surface area contributed by atoms with E-state index in [9.17, 15) is 14.0 Å². The zero-order chi connectivity index (χ0) is 14.0. The number of carbonyl (C=O) groups is 2. The zero-order valence-electron chi connectivity index (χ0n) is 10.1. The van der Waals surface area contributed by atoms with Crippen molar-refractivity contribution in [2.24, 2.45) is 0 Å². The molecule has 5 nitrogen and oxygen atoms in total. The van der Waals surface area contributed by atoms with Gasteiger partial charge < -0.3 is 15.4 Å². The first-order valence-electron chi connectivity index (χ1n) is 5.64. The van der Waals surface area contributed by atoms with Crippen LogP contribution in [0.1, 0.15) is 18.5 Å². The molecule has 1 aromatic rings.